The molecule has 176 valence electrons. The largest absolute Gasteiger partial charge is 0.471 e. The van der Waals surface area contributed by atoms with Crippen molar-refractivity contribution < 1.29 is 27.2 Å². The van der Waals surface area contributed by atoms with Gasteiger partial charge < -0.3 is 9.26 Å². The van der Waals surface area contributed by atoms with Crippen LogP contribution in [-0.2, 0) is 17.5 Å². The van der Waals surface area contributed by atoms with E-state index in [1.807, 2.05) is 42.5 Å². The zero-order valence-corrected chi connectivity index (χ0v) is 17.7. The number of alkyl halides is 3. The van der Waals surface area contributed by atoms with Crippen LogP contribution in [0.2, 0.25) is 0 Å². The zero-order chi connectivity index (χ0) is 24.4. The van der Waals surface area contributed by atoms with E-state index >= 15 is 0 Å². The molecule has 1 amide bonds. The van der Waals surface area contributed by atoms with Crippen LogP contribution in [0.4, 0.5) is 23.7 Å². The van der Waals surface area contributed by atoms with Gasteiger partial charge in [-0.3, -0.25) is 10.3 Å². The van der Waals surface area contributed by atoms with Crippen molar-refractivity contribution in [2.75, 3.05) is 5.32 Å². The molecule has 0 aliphatic heterocycles. The van der Waals surface area contributed by atoms with E-state index in [1.165, 1.54) is 22.8 Å². The maximum absolute atomic E-state index is 12.8. The van der Waals surface area contributed by atoms with E-state index < -0.39 is 18.2 Å². The molecule has 0 unspecified atom stereocenters. The molecular weight excluding hydrogens is 465 g/mol. The lowest BCUT2D eigenvalue weighted by atomic mass is 10.1. The number of anilines is 1. The monoisotopic (exact) mass is 480 g/mol. The highest BCUT2D eigenvalue weighted by molar-refractivity contribution is 5.91. The average Bonchev–Trinajstić information content (AvgIpc) is 3.55. The second-order valence-corrected chi connectivity index (χ2v) is 7.30. The highest BCUT2D eigenvalue weighted by atomic mass is 19.4. The fraction of sp³-hybridized carbons (Fsp3) is 0.0870. The van der Waals surface area contributed by atoms with Gasteiger partial charge in [0.05, 0.1) is 23.1 Å². The van der Waals surface area contributed by atoms with Gasteiger partial charge in [0.25, 0.3) is 0 Å². The predicted octanol–water partition coefficient (Wildman–Crippen LogP) is 5.21. The SMILES string of the molecule is O=C(Nc1ccc(-c2noc(C(F)(F)F)n2)n2nccc12)OCc1ccc(-c2ccccc2)nc1. The summed E-state index contributed by atoms with van der Waals surface area (Å²) in [5.74, 6) is -1.77. The highest BCUT2D eigenvalue weighted by Gasteiger charge is 2.38. The Bertz CT molecular complexity index is 1480. The van der Waals surface area contributed by atoms with E-state index in [2.05, 4.69) is 30.1 Å². The molecule has 35 heavy (non-hydrogen) atoms. The van der Waals surface area contributed by atoms with Crippen LogP contribution in [-0.4, -0.2) is 30.8 Å². The van der Waals surface area contributed by atoms with Crippen LogP contribution in [0.5, 0.6) is 0 Å². The van der Waals surface area contributed by atoms with Gasteiger partial charge in [-0.05, 0) is 24.3 Å². The number of pyridine rings is 2. The number of fused-ring (bicyclic) bond motifs is 1. The Morgan fingerprint density at radius 2 is 1.89 bits per heavy atom. The number of rotatable bonds is 5. The Morgan fingerprint density at radius 1 is 1.06 bits per heavy atom. The molecular formula is C23H15F3N6O3. The standard InChI is InChI=1S/C23H15F3N6O3/c24-23(25,26)21-30-20(31-35-21)19-9-8-17(18-10-11-28-32(18)19)29-22(33)34-13-14-6-7-16(27-12-14)15-4-2-1-3-5-15/h1-12H,13H2,(H,29,33). The fourth-order valence-corrected chi connectivity index (χ4v) is 3.32. The number of nitrogens with zero attached hydrogens (tertiary/aromatic N) is 5. The molecule has 5 aromatic rings. The van der Waals surface area contributed by atoms with Gasteiger partial charge in [0.15, 0.2) is 0 Å². The summed E-state index contributed by atoms with van der Waals surface area (Å²) in [5, 5.41) is 10.1. The second-order valence-electron chi connectivity index (χ2n) is 7.30. The Morgan fingerprint density at radius 3 is 2.60 bits per heavy atom. The number of amides is 1. The maximum atomic E-state index is 12.8. The second kappa shape index (κ2) is 8.89. The minimum Gasteiger partial charge on any atom is -0.444 e. The third-order valence-corrected chi connectivity index (χ3v) is 4.95. The van der Waals surface area contributed by atoms with E-state index in [0.717, 1.165) is 11.3 Å². The Hall–Kier alpha value is -4.74. The third-order valence-electron chi connectivity index (χ3n) is 4.95. The molecule has 0 atom stereocenters. The lowest BCUT2D eigenvalue weighted by Crippen LogP contribution is -2.14. The number of carbonyl (C=O) groups is 1. The quantitative estimate of drug-likeness (QED) is 0.368. The predicted molar refractivity (Wildman–Crippen MR) is 117 cm³/mol. The van der Waals surface area contributed by atoms with Crippen molar-refractivity contribution in [2.45, 2.75) is 12.8 Å². The Labute approximate surface area is 195 Å². The topological polar surface area (TPSA) is 107 Å². The molecule has 12 heteroatoms. The first-order chi connectivity index (χ1) is 16.9. The zero-order valence-electron chi connectivity index (χ0n) is 17.7. The molecule has 0 saturated carbocycles. The Balaban J connectivity index is 1.27. The first-order valence-corrected chi connectivity index (χ1v) is 10.2. The molecule has 0 saturated heterocycles. The number of hydrogen-bond acceptors (Lipinski definition) is 7. The van der Waals surface area contributed by atoms with Crippen molar-refractivity contribution in [1.82, 2.24) is 24.7 Å². The van der Waals surface area contributed by atoms with Gasteiger partial charge >= 0.3 is 18.2 Å². The van der Waals surface area contributed by atoms with Crippen molar-refractivity contribution in [3.05, 3.63) is 84.5 Å². The number of halogens is 3. The molecule has 0 radical (unpaired) electrons. The Kier molecular flexibility index (Phi) is 5.61. The molecule has 1 N–H and O–H groups in total. The number of carbonyl (C=O) groups excluding carboxylic acids is 1. The number of aromatic nitrogens is 5. The van der Waals surface area contributed by atoms with Crippen molar-refractivity contribution in [3.63, 3.8) is 0 Å². The summed E-state index contributed by atoms with van der Waals surface area (Å²) in [6.45, 7) is -0.00931. The molecule has 4 heterocycles. The van der Waals surface area contributed by atoms with Gasteiger partial charge in [0.2, 0.25) is 5.82 Å². The van der Waals surface area contributed by atoms with Crippen molar-refractivity contribution in [1.29, 1.82) is 0 Å². The minimum atomic E-state index is -4.77. The van der Waals surface area contributed by atoms with Crippen molar-refractivity contribution >= 4 is 17.3 Å². The van der Waals surface area contributed by atoms with Crippen LogP contribution in [0.3, 0.4) is 0 Å². The van der Waals surface area contributed by atoms with E-state index in [1.54, 1.807) is 12.3 Å². The average molecular weight is 480 g/mol. The maximum Gasteiger partial charge on any atom is 0.471 e. The van der Waals surface area contributed by atoms with E-state index in [-0.39, 0.29) is 18.1 Å². The lowest BCUT2D eigenvalue weighted by Gasteiger charge is -2.10. The summed E-state index contributed by atoms with van der Waals surface area (Å²) >= 11 is 0. The summed E-state index contributed by atoms with van der Waals surface area (Å²) in [7, 11) is 0. The van der Waals surface area contributed by atoms with Gasteiger partial charge in [0, 0.05) is 17.3 Å². The number of hydrogen-bond donors (Lipinski definition) is 1. The smallest absolute Gasteiger partial charge is 0.444 e. The molecule has 0 fully saturated rings. The summed E-state index contributed by atoms with van der Waals surface area (Å²) in [4.78, 5) is 20.1. The normalized spacial score (nSPS) is 11.5. The van der Waals surface area contributed by atoms with Gasteiger partial charge in [-0.1, -0.05) is 41.6 Å². The molecule has 0 bridgehead atoms. The van der Waals surface area contributed by atoms with Crippen LogP contribution in [0.25, 0.3) is 28.3 Å². The van der Waals surface area contributed by atoms with Gasteiger partial charge in [0.1, 0.15) is 12.3 Å². The first-order valence-electron chi connectivity index (χ1n) is 10.2. The third kappa shape index (κ3) is 4.67. The van der Waals surface area contributed by atoms with Crippen molar-refractivity contribution in [2.24, 2.45) is 0 Å². The summed E-state index contributed by atoms with van der Waals surface area (Å²) in [5.41, 5.74) is 3.34. The number of ether oxygens (including phenoxy) is 1. The first kappa shape index (κ1) is 22.1. The van der Waals surface area contributed by atoms with Crippen LogP contribution < -0.4 is 5.32 Å². The molecule has 0 aliphatic carbocycles. The van der Waals surface area contributed by atoms with Gasteiger partial charge in [-0.25, -0.2) is 9.31 Å². The van der Waals surface area contributed by atoms with Gasteiger partial charge in [-0.2, -0.15) is 23.3 Å². The molecule has 5 rings (SSSR count). The number of nitrogens with one attached hydrogen (secondary N) is 1. The molecule has 1 aromatic carbocycles. The van der Waals surface area contributed by atoms with Crippen molar-refractivity contribution in [3.8, 4) is 22.8 Å². The van der Waals surface area contributed by atoms with Gasteiger partial charge in [-0.15, -0.1) is 0 Å². The van der Waals surface area contributed by atoms with Crippen LogP contribution in [0.1, 0.15) is 11.5 Å². The fourth-order valence-electron chi connectivity index (χ4n) is 3.32. The highest BCUT2D eigenvalue weighted by Crippen LogP contribution is 2.30. The minimum absolute atomic E-state index is 0.00931. The van der Waals surface area contributed by atoms with Crippen LogP contribution in [0, 0.1) is 0 Å². The molecule has 9 nitrogen and oxygen atoms in total. The van der Waals surface area contributed by atoms with E-state index in [9.17, 15) is 18.0 Å². The summed E-state index contributed by atoms with van der Waals surface area (Å²) in [6.07, 6.45) is -2.46. The van der Waals surface area contributed by atoms with Crippen LogP contribution in [0.15, 0.2) is 77.6 Å². The molecule has 0 spiro atoms. The van der Waals surface area contributed by atoms with E-state index in [0.29, 0.717) is 16.8 Å². The summed E-state index contributed by atoms with van der Waals surface area (Å²) < 4.78 is 49.2. The van der Waals surface area contributed by atoms with E-state index in [4.69, 9.17) is 4.74 Å². The lowest BCUT2D eigenvalue weighted by molar-refractivity contribution is -0.159. The number of benzene rings is 1. The molecule has 0 aliphatic rings. The molecule has 4 aromatic heterocycles. The van der Waals surface area contributed by atoms with Crippen LogP contribution >= 0.6 is 0 Å². The summed E-state index contributed by atoms with van der Waals surface area (Å²) in [6, 6.07) is 17.8.